The molecule has 7 heteroatoms. The number of nitrogens with one attached hydrogen (secondary N) is 1. The number of anilines is 1. The van der Waals surface area contributed by atoms with Gasteiger partial charge in [0.15, 0.2) is 0 Å². The minimum Gasteiger partial charge on any atom is -0.477 e. The topological polar surface area (TPSA) is 89.3 Å². The van der Waals surface area contributed by atoms with Gasteiger partial charge in [0.05, 0.1) is 23.6 Å². The molecule has 7 nitrogen and oxygen atoms in total. The van der Waals surface area contributed by atoms with E-state index in [-0.39, 0.29) is 11.7 Å². The number of aromatic nitrogens is 3. The molecule has 0 saturated carbocycles. The summed E-state index contributed by atoms with van der Waals surface area (Å²) in [4.78, 5) is 19.3. The van der Waals surface area contributed by atoms with Gasteiger partial charge in [-0.1, -0.05) is 0 Å². The Hall–Kier alpha value is -3.09. The number of aromatic carboxylic acids is 1. The lowest BCUT2D eigenvalue weighted by molar-refractivity contribution is 0.0687. The Labute approximate surface area is 126 Å². The van der Waals surface area contributed by atoms with Gasteiger partial charge in [-0.2, -0.15) is 0 Å². The summed E-state index contributed by atoms with van der Waals surface area (Å²) in [5, 5.41) is 12.9. The average molecular weight is 298 g/mol. The number of fused-ring (bicyclic) bond motifs is 1. The summed E-state index contributed by atoms with van der Waals surface area (Å²) >= 11 is 0. The number of carboxylic acids is 1. The van der Waals surface area contributed by atoms with E-state index in [1.165, 1.54) is 0 Å². The molecule has 0 saturated heterocycles. The van der Waals surface area contributed by atoms with E-state index in [0.29, 0.717) is 5.75 Å². The zero-order chi connectivity index (χ0) is 15.7. The van der Waals surface area contributed by atoms with Crippen LogP contribution in [0.1, 0.15) is 10.5 Å². The molecule has 2 aromatic heterocycles. The fraction of sp³-hybridized carbons (Fsp3) is 0.133. The van der Waals surface area contributed by atoms with Crippen molar-refractivity contribution in [3.63, 3.8) is 0 Å². The van der Waals surface area contributed by atoms with Gasteiger partial charge in [0.25, 0.3) is 0 Å². The van der Waals surface area contributed by atoms with E-state index in [1.807, 2.05) is 0 Å². The molecule has 22 heavy (non-hydrogen) atoms. The molecule has 0 atom stereocenters. The van der Waals surface area contributed by atoms with Gasteiger partial charge >= 0.3 is 12.0 Å². The van der Waals surface area contributed by atoms with Crippen LogP contribution in [0.2, 0.25) is 0 Å². The van der Waals surface area contributed by atoms with Crippen molar-refractivity contribution in [1.29, 1.82) is 0 Å². The lowest BCUT2D eigenvalue weighted by Crippen LogP contribution is -2.03. The molecule has 3 rings (SSSR count). The van der Waals surface area contributed by atoms with Crippen LogP contribution in [0.15, 0.2) is 36.7 Å². The Morgan fingerprint density at radius 2 is 2.00 bits per heavy atom. The predicted molar refractivity (Wildman–Crippen MR) is 81.5 cm³/mol. The molecule has 2 heterocycles. The molecule has 0 aliphatic rings. The number of rotatable bonds is 4. The molecule has 0 amide bonds. The van der Waals surface area contributed by atoms with E-state index in [2.05, 4.69) is 15.3 Å². The third-order valence-corrected chi connectivity index (χ3v) is 3.36. The highest BCUT2D eigenvalue weighted by Gasteiger charge is 2.12. The molecular formula is C15H14N4O3. The van der Waals surface area contributed by atoms with Crippen LogP contribution < -0.4 is 10.1 Å². The van der Waals surface area contributed by atoms with Crippen LogP contribution in [0.3, 0.4) is 0 Å². The summed E-state index contributed by atoms with van der Waals surface area (Å²) in [6.45, 7) is 0. The highest BCUT2D eigenvalue weighted by Crippen LogP contribution is 2.26. The molecule has 0 bridgehead atoms. The summed E-state index contributed by atoms with van der Waals surface area (Å²) in [6, 6.07) is 7.17. The van der Waals surface area contributed by atoms with Crippen LogP contribution in [0.4, 0.5) is 5.69 Å². The van der Waals surface area contributed by atoms with Crippen molar-refractivity contribution in [2.24, 2.45) is 7.05 Å². The van der Waals surface area contributed by atoms with E-state index in [9.17, 15) is 4.79 Å². The van der Waals surface area contributed by atoms with Crippen molar-refractivity contribution >= 4 is 22.6 Å². The minimum atomic E-state index is -0.966. The summed E-state index contributed by atoms with van der Waals surface area (Å²) < 4.78 is 7.21. The number of aryl methyl sites for hydroxylation is 1. The molecule has 0 fully saturated rings. The fourth-order valence-corrected chi connectivity index (χ4v) is 2.18. The molecule has 0 spiro atoms. The maximum atomic E-state index is 11.1. The van der Waals surface area contributed by atoms with Crippen molar-refractivity contribution in [2.75, 3.05) is 12.4 Å². The minimum absolute atomic E-state index is 0.224. The van der Waals surface area contributed by atoms with Crippen molar-refractivity contribution in [2.45, 2.75) is 0 Å². The van der Waals surface area contributed by atoms with Crippen molar-refractivity contribution < 1.29 is 14.6 Å². The van der Waals surface area contributed by atoms with Gasteiger partial charge in [0, 0.05) is 25.5 Å². The van der Waals surface area contributed by atoms with E-state index in [1.54, 1.807) is 55.3 Å². The Bertz CT molecular complexity index is 840. The van der Waals surface area contributed by atoms with Crippen LogP contribution >= 0.6 is 0 Å². The van der Waals surface area contributed by atoms with Crippen LogP contribution in [-0.4, -0.2) is 32.7 Å². The normalized spacial score (nSPS) is 10.6. The van der Waals surface area contributed by atoms with Crippen LogP contribution in [0, 0.1) is 0 Å². The molecule has 0 aliphatic heterocycles. The smallest absolute Gasteiger partial charge is 0.352 e. The number of carbonyl (C=O) groups is 1. The molecule has 2 N–H and O–H groups in total. The Morgan fingerprint density at radius 3 is 2.64 bits per heavy atom. The predicted octanol–water partition coefficient (Wildman–Crippen LogP) is 2.50. The van der Waals surface area contributed by atoms with E-state index in [4.69, 9.17) is 9.84 Å². The van der Waals surface area contributed by atoms with Gasteiger partial charge in [-0.05, 0) is 18.2 Å². The quantitative estimate of drug-likeness (QED) is 0.769. The first-order valence-electron chi connectivity index (χ1n) is 6.59. The third kappa shape index (κ3) is 2.44. The van der Waals surface area contributed by atoms with Crippen molar-refractivity contribution in [1.82, 2.24) is 14.5 Å². The maximum absolute atomic E-state index is 11.1. The molecule has 0 unspecified atom stereocenters. The first-order chi connectivity index (χ1) is 10.6. The maximum Gasteiger partial charge on any atom is 0.352 e. The van der Waals surface area contributed by atoms with Crippen molar-refractivity contribution in [3.05, 3.63) is 42.4 Å². The molecular weight excluding hydrogens is 284 g/mol. The summed E-state index contributed by atoms with van der Waals surface area (Å²) in [5.41, 5.74) is 1.78. The summed E-state index contributed by atoms with van der Waals surface area (Å²) in [5.74, 6) is -0.421. The van der Waals surface area contributed by atoms with Crippen molar-refractivity contribution in [3.8, 4) is 11.8 Å². The van der Waals surface area contributed by atoms with Crippen LogP contribution in [0.25, 0.3) is 10.9 Å². The number of carboxylic acid groups (broad SMARTS) is 1. The zero-order valence-corrected chi connectivity index (χ0v) is 12.1. The fourth-order valence-electron chi connectivity index (χ4n) is 2.18. The first kappa shape index (κ1) is 13.9. The highest BCUT2D eigenvalue weighted by atomic mass is 16.5. The number of nitrogens with zero attached hydrogens (tertiary/aromatic N) is 3. The number of hydrogen-bond donors (Lipinski definition) is 2. The van der Waals surface area contributed by atoms with Gasteiger partial charge in [-0.15, -0.1) is 0 Å². The van der Waals surface area contributed by atoms with Crippen LogP contribution in [-0.2, 0) is 7.05 Å². The van der Waals surface area contributed by atoms with Gasteiger partial charge in [-0.3, -0.25) is 0 Å². The number of ether oxygens (including phenoxy) is 1. The number of benzene rings is 1. The summed E-state index contributed by atoms with van der Waals surface area (Å²) in [7, 11) is 3.48. The van der Waals surface area contributed by atoms with Gasteiger partial charge in [0.1, 0.15) is 11.4 Å². The Kier molecular flexibility index (Phi) is 3.38. The van der Waals surface area contributed by atoms with Crippen LogP contribution in [0.5, 0.6) is 11.8 Å². The SMILES string of the molecule is CNc1cnc(Oc2ccc3cc(C(=O)O)n(C)c3c2)nc1. The summed E-state index contributed by atoms with van der Waals surface area (Å²) in [6.07, 6.45) is 3.23. The number of hydrogen-bond acceptors (Lipinski definition) is 5. The first-order valence-corrected chi connectivity index (χ1v) is 6.59. The second kappa shape index (κ2) is 5.36. The standard InChI is InChI=1S/C15H14N4O3/c1-16-10-7-17-15(18-8-10)22-11-4-3-9-5-13(14(20)21)19(2)12(9)6-11/h3-8,16H,1-2H3,(H,20,21). The van der Waals surface area contributed by atoms with Gasteiger partial charge < -0.3 is 19.7 Å². The second-order valence-corrected chi connectivity index (χ2v) is 4.72. The van der Waals surface area contributed by atoms with E-state index >= 15 is 0 Å². The lowest BCUT2D eigenvalue weighted by atomic mass is 10.2. The molecule has 1 aromatic carbocycles. The Morgan fingerprint density at radius 1 is 1.27 bits per heavy atom. The largest absolute Gasteiger partial charge is 0.477 e. The van der Waals surface area contributed by atoms with Gasteiger partial charge in [-0.25, -0.2) is 14.8 Å². The monoisotopic (exact) mass is 298 g/mol. The molecule has 112 valence electrons. The van der Waals surface area contributed by atoms with E-state index < -0.39 is 5.97 Å². The average Bonchev–Trinajstić information content (AvgIpc) is 2.85. The molecule has 0 radical (unpaired) electrons. The Balaban J connectivity index is 1.94. The highest BCUT2D eigenvalue weighted by molar-refractivity contribution is 5.94. The lowest BCUT2D eigenvalue weighted by Gasteiger charge is -2.05. The second-order valence-electron chi connectivity index (χ2n) is 4.72. The molecule has 0 aliphatic carbocycles. The molecule has 3 aromatic rings. The van der Waals surface area contributed by atoms with Gasteiger partial charge in [0.2, 0.25) is 0 Å². The zero-order valence-electron chi connectivity index (χ0n) is 12.1. The van der Waals surface area contributed by atoms with E-state index in [0.717, 1.165) is 16.6 Å². The third-order valence-electron chi connectivity index (χ3n) is 3.36.